The predicted octanol–water partition coefficient (Wildman–Crippen LogP) is 3.76. The van der Waals surface area contributed by atoms with Gasteiger partial charge in [0.05, 0.1) is 19.3 Å². The molecule has 2 nitrogen and oxygen atoms in total. The van der Waals surface area contributed by atoms with Crippen LogP contribution in [0.5, 0.6) is 0 Å². The summed E-state index contributed by atoms with van der Waals surface area (Å²) in [5.41, 5.74) is 2.20. The monoisotopic (exact) mass is 286 g/mol. The summed E-state index contributed by atoms with van der Waals surface area (Å²) in [6.45, 7) is 5.49. The van der Waals surface area contributed by atoms with Crippen LogP contribution < -0.4 is 0 Å². The molecule has 0 amide bonds. The molecule has 0 saturated heterocycles. The van der Waals surface area contributed by atoms with Crippen molar-refractivity contribution in [1.82, 2.24) is 0 Å². The van der Waals surface area contributed by atoms with E-state index >= 15 is 0 Å². The molecule has 1 aliphatic carbocycles. The minimum Gasteiger partial charge on any atom is -0.395 e. The quantitative estimate of drug-likeness (QED) is 0.854. The summed E-state index contributed by atoms with van der Waals surface area (Å²) in [5, 5.41) is 8.70. The number of aliphatic hydroxyl groups excluding tert-OH is 1. The molecule has 1 aromatic carbocycles. The van der Waals surface area contributed by atoms with Crippen molar-refractivity contribution in [3.63, 3.8) is 0 Å². The van der Waals surface area contributed by atoms with Crippen molar-refractivity contribution in [2.24, 2.45) is 11.8 Å². The molecule has 1 aliphatic rings. The van der Waals surface area contributed by atoms with Gasteiger partial charge >= 0.3 is 0 Å². The molecule has 3 atom stereocenters. The van der Waals surface area contributed by atoms with Gasteiger partial charge in [-0.2, -0.15) is 0 Å². The Morgan fingerprint density at radius 2 is 1.90 bits per heavy atom. The van der Waals surface area contributed by atoms with Gasteiger partial charge in [0.25, 0.3) is 0 Å². The molecule has 0 spiro atoms. The van der Waals surface area contributed by atoms with Gasteiger partial charge in [-0.25, -0.2) is 0 Å². The zero-order chi connectivity index (χ0) is 15.1. The van der Waals surface area contributed by atoms with E-state index in [-0.39, 0.29) is 6.61 Å². The van der Waals surface area contributed by atoms with E-state index in [2.05, 4.69) is 37.8 Å². The maximum absolute atomic E-state index is 8.70. The molecule has 2 heteroatoms. The lowest BCUT2D eigenvalue weighted by Gasteiger charge is -2.32. The zero-order valence-electron chi connectivity index (χ0n) is 13.1. The number of hydrogen-bond acceptors (Lipinski definition) is 2. The SMILES string of the molecule is CC1CCC(OCc2ccc(C#CCCO)cc2)CC1C. The lowest BCUT2D eigenvalue weighted by Crippen LogP contribution is -2.26. The summed E-state index contributed by atoms with van der Waals surface area (Å²) >= 11 is 0. The molecular formula is C19H26O2. The van der Waals surface area contributed by atoms with Crippen molar-refractivity contribution in [3.05, 3.63) is 35.4 Å². The minimum absolute atomic E-state index is 0.122. The van der Waals surface area contributed by atoms with E-state index in [1.54, 1.807) is 0 Å². The molecular weight excluding hydrogens is 260 g/mol. The topological polar surface area (TPSA) is 29.5 Å². The summed E-state index contributed by atoms with van der Waals surface area (Å²) in [6.07, 6.45) is 4.61. The summed E-state index contributed by atoms with van der Waals surface area (Å²) in [4.78, 5) is 0. The van der Waals surface area contributed by atoms with Crippen molar-refractivity contribution < 1.29 is 9.84 Å². The molecule has 1 fully saturated rings. The molecule has 0 heterocycles. The number of ether oxygens (including phenoxy) is 1. The number of aliphatic hydroxyl groups is 1. The van der Waals surface area contributed by atoms with Gasteiger partial charge in [0.15, 0.2) is 0 Å². The molecule has 0 aliphatic heterocycles. The maximum atomic E-state index is 8.70. The molecule has 1 saturated carbocycles. The van der Waals surface area contributed by atoms with Crippen LogP contribution in [0.15, 0.2) is 24.3 Å². The average Bonchev–Trinajstić information content (AvgIpc) is 2.50. The van der Waals surface area contributed by atoms with Crippen LogP contribution in [0.25, 0.3) is 0 Å². The van der Waals surface area contributed by atoms with E-state index in [9.17, 15) is 0 Å². The zero-order valence-corrected chi connectivity index (χ0v) is 13.1. The number of benzene rings is 1. The Kier molecular flexibility index (Phi) is 6.29. The van der Waals surface area contributed by atoms with Gasteiger partial charge in [0.2, 0.25) is 0 Å². The molecule has 3 unspecified atom stereocenters. The molecule has 114 valence electrons. The molecule has 1 N–H and O–H groups in total. The fourth-order valence-electron chi connectivity index (χ4n) is 2.77. The fourth-order valence-corrected chi connectivity index (χ4v) is 2.77. The highest BCUT2D eigenvalue weighted by atomic mass is 16.5. The smallest absolute Gasteiger partial charge is 0.0720 e. The second-order valence-electron chi connectivity index (χ2n) is 6.17. The van der Waals surface area contributed by atoms with Crippen LogP contribution in [-0.4, -0.2) is 17.8 Å². The van der Waals surface area contributed by atoms with Gasteiger partial charge in [-0.05, 0) is 48.8 Å². The minimum atomic E-state index is 0.122. The molecule has 2 rings (SSSR count). The Morgan fingerprint density at radius 1 is 1.14 bits per heavy atom. The van der Waals surface area contributed by atoms with Crippen LogP contribution in [0, 0.1) is 23.7 Å². The van der Waals surface area contributed by atoms with Crippen LogP contribution in [0.4, 0.5) is 0 Å². The van der Waals surface area contributed by atoms with Gasteiger partial charge in [-0.15, -0.1) is 0 Å². The van der Waals surface area contributed by atoms with Crippen molar-refractivity contribution in [2.75, 3.05) is 6.61 Å². The predicted molar refractivity (Wildman–Crippen MR) is 85.8 cm³/mol. The summed E-state index contributed by atoms with van der Waals surface area (Å²) in [7, 11) is 0. The summed E-state index contributed by atoms with van der Waals surface area (Å²) < 4.78 is 6.06. The summed E-state index contributed by atoms with van der Waals surface area (Å²) in [6, 6.07) is 8.21. The first-order valence-corrected chi connectivity index (χ1v) is 7.99. The second-order valence-corrected chi connectivity index (χ2v) is 6.17. The first-order valence-electron chi connectivity index (χ1n) is 7.99. The van der Waals surface area contributed by atoms with Crippen molar-refractivity contribution in [1.29, 1.82) is 0 Å². The highest BCUT2D eigenvalue weighted by Gasteiger charge is 2.24. The lowest BCUT2D eigenvalue weighted by molar-refractivity contribution is -0.00745. The van der Waals surface area contributed by atoms with E-state index in [0.717, 1.165) is 17.4 Å². The fraction of sp³-hybridized carbons (Fsp3) is 0.579. The standard InChI is InChI=1S/C19H26O2/c1-15-6-11-19(13-16(15)2)21-14-18-9-7-17(8-10-18)5-3-4-12-20/h7-10,15-16,19-20H,4,6,11-14H2,1-2H3. The molecule has 21 heavy (non-hydrogen) atoms. The first-order chi connectivity index (χ1) is 10.2. The van der Waals surface area contributed by atoms with Gasteiger partial charge < -0.3 is 9.84 Å². The lowest BCUT2D eigenvalue weighted by atomic mass is 9.80. The van der Waals surface area contributed by atoms with Crippen LogP contribution in [0.2, 0.25) is 0 Å². The number of rotatable bonds is 4. The highest BCUT2D eigenvalue weighted by molar-refractivity contribution is 5.35. The average molecular weight is 286 g/mol. The second kappa shape index (κ2) is 8.22. The van der Waals surface area contributed by atoms with E-state index < -0.39 is 0 Å². The Morgan fingerprint density at radius 3 is 2.57 bits per heavy atom. The van der Waals surface area contributed by atoms with Gasteiger partial charge in [0, 0.05) is 12.0 Å². The largest absolute Gasteiger partial charge is 0.395 e. The normalized spacial score (nSPS) is 25.2. The van der Waals surface area contributed by atoms with E-state index in [1.807, 2.05) is 12.1 Å². The van der Waals surface area contributed by atoms with Crippen molar-refractivity contribution >= 4 is 0 Å². The van der Waals surface area contributed by atoms with E-state index in [1.165, 1.54) is 24.8 Å². The maximum Gasteiger partial charge on any atom is 0.0720 e. The van der Waals surface area contributed by atoms with E-state index in [4.69, 9.17) is 9.84 Å². The summed E-state index contributed by atoms with van der Waals surface area (Å²) in [5.74, 6) is 7.58. The Balaban J connectivity index is 1.80. The third-order valence-corrected chi connectivity index (χ3v) is 4.46. The van der Waals surface area contributed by atoms with Crippen LogP contribution in [-0.2, 0) is 11.3 Å². The molecule has 0 radical (unpaired) electrons. The van der Waals surface area contributed by atoms with Crippen LogP contribution in [0.1, 0.15) is 50.7 Å². The number of hydrogen-bond donors (Lipinski definition) is 1. The van der Waals surface area contributed by atoms with Gasteiger partial charge in [-0.3, -0.25) is 0 Å². The van der Waals surface area contributed by atoms with Gasteiger partial charge in [-0.1, -0.05) is 37.8 Å². The molecule has 0 bridgehead atoms. The van der Waals surface area contributed by atoms with Gasteiger partial charge in [0.1, 0.15) is 0 Å². The van der Waals surface area contributed by atoms with Crippen LogP contribution in [0.3, 0.4) is 0 Å². The third kappa shape index (κ3) is 5.19. The van der Waals surface area contributed by atoms with Crippen LogP contribution >= 0.6 is 0 Å². The Hall–Kier alpha value is -1.30. The first kappa shape index (κ1) is 16.1. The van der Waals surface area contributed by atoms with Crippen molar-refractivity contribution in [3.8, 4) is 11.8 Å². The highest BCUT2D eigenvalue weighted by Crippen LogP contribution is 2.31. The van der Waals surface area contributed by atoms with Crippen molar-refractivity contribution in [2.45, 2.75) is 52.2 Å². The Bertz CT molecular complexity index is 481. The Labute approximate surface area is 128 Å². The molecule has 1 aromatic rings. The molecule has 0 aromatic heterocycles. The van der Waals surface area contributed by atoms with E-state index in [0.29, 0.717) is 19.1 Å². The third-order valence-electron chi connectivity index (χ3n) is 4.46.